The van der Waals surface area contributed by atoms with Crippen LogP contribution in [0.15, 0.2) is 16.5 Å². The molecule has 0 spiro atoms. The Bertz CT molecular complexity index is 503. The highest BCUT2D eigenvalue weighted by Crippen LogP contribution is 2.25. The summed E-state index contributed by atoms with van der Waals surface area (Å²) in [7, 11) is 0. The topological polar surface area (TPSA) is 91.6 Å². The van der Waals surface area contributed by atoms with Gasteiger partial charge in [0.1, 0.15) is 23.1 Å². The minimum absolute atomic E-state index is 0.191. The monoisotopic (exact) mass is 188 g/mol. The van der Waals surface area contributed by atoms with E-state index < -0.39 is 0 Å². The van der Waals surface area contributed by atoms with Gasteiger partial charge in [-0.25, -0.2) is 0 Å². The van der Waals surface area contributed by atoms with Crippen molar-refractivity contribution in [2.45, 2.75) is 6.92 Å². The predicted octanol–water partition coefficient (Wildman–Crippen LogP) is 1.43. The molecule has 2 rings (SSSR count). The van der Waals surface area contributed by atoms with E-state index in [1.165, 1.54) is 0 Å². The fourth-order valence-corrected chi connectivity index (χ4v) is 1.22. The summed E-state index contributed by atoms with van der Waals surface area (Å²) >= 11 is 0. The second-order valence-electron chi connectivity index (χ2n) is 2.88. The summed E-state index contributed by atoms with van der Waals surface area (Å²) in [6.45, 7) is 1.83. The first-order valence-corrected chi connectivity index (χ1v) is 4.03. The Morgan fingerprint density at radius 3 is 2.93 bits per heavy atom. The number of nitrogens with two attached hydrogens (primary N) is 1. The highest BCUT2D eigenvalue weighted by molar-refractivity contribution is 5.68. The van der Waals surface area contributed by atoms with Crippen LogP contribution < -0.4 is 5.73 Å². The standard InChI is InChI=1S/C9H8N4O/c1-5-2-3-7(14-5)8-6(4-10)9(11)13-12-8/h2-3H,1H3,(H3,11,12,13). The van der Waals surface area contributed by atoms with Crippen LogP contribution in [0.4, 0.5) is 5.82 Å². The summed E-state index contributed by atoms with van der Waals surface area (Å²) in [5.41, 5.74) is 6.33. The summed E-state index contributed by atoms with van der Waals surface area (Å²) in [6.07, 6.45) is 0. The SMILES string of the molecule is Cc1ccc(-c2[nH]nc(N)c2C#N)o1. The Morgan fingerprint density at radius 2 is 2.36 bits per heavy atom. The van der Waals surface area contributed by atoms with E-state index in [0.29, 0.717) is 17.0 Å². The fourth-order valence-electron chi connectivity index (χ4n) is 1.22. The Labute approximate surface area is 80.1 Å². The minimum Gasteiger partial charge on any atom is -0.460 e. The van der Waals surface area contributed by atoms with Crippen molar-refractivity contribution in [1.82, 2.24) is 10.2 Å². The average Bonchev–Trinajstić information content (AvgIpc) is 2.71. The van der Waals surface area contributed by atoms with Crippen LogP contribution in [0, 0.1) is 18.3 Å². The molecule has 70 valence electrons. The average molecular weight is 188 g/mol. The maximum Gasteiger partial charge on any atom is 0.163 e. The number of nitriles is 1. The van der Waals surface area contributed by atoms with Crippen LogP contribution in [-0.4, -0.2) is 10.2 Å². The Balaban J connectivity index is 2.58. The quantitative estimate of drug-likeness (QED) is 0.708. The number of hydrogen-bond donors (Lipinski definition) is 2. The maximum atomic E-state index is 8.82. The number of aryl methyl sites for hydroxylation is 1. The molecule has 0 saturated heterocycles. The molecule has 5 heteroatoms. The zero-order chi connectivity index (χ0) is 10.1. The van der Waals surface area contributed by atoms with Crippen molar-refractivity contribution in [3.8, 4) is 17.5 Å². The largest absolute Gasteiger partial charge is 0.460 e. The zero-order valence-electron chi connectivity index (χ0n) is 7.53. The van der Waals surface area contributed by atoms with Crippen LogP contribution in [0.5, 0.6) is 0 Å². The number of aromatic nitrogens is 2. The van der Waals surface area contributed by atoms with Gasteiger partial charge in [-0.3, -0.25) is 5.10 Å². The number of hydrogen-bond acceptors (Lipinski definition) is 4. The molecule has 2 heterocycles. The maximum absolute atomic E-state index is 8.82. The molecule has 0 aliphatic rings. The highest BCUT2D eigenvalue weighted by Gasteiger charge is 2.14. The summed E-state index contributed by atoms with van der Waals surface area (Å²) in [6, 6.07) is 5.55. The van der Waals surface area contributed by atoms with Gasteiger partial charge in [-0.15, -0.1) is 0 Å². The van der Waals surface area contributed by atoms with Gasteiger partial charge in [-0.2, -0.15) is 10.4 Å². The number of aromatic amines is 1. The van der Waals surface area contributed by atoms with E-state index >= 15 is 0 Å². The lowest BCUT2D eigenvalue weighted by Gasteiger charge is -1.91. The predicted molar refractivity (Wildman–Crippen MR) is 50.2 cm³/mol. The third-order valence-electron chi connectivity index (χ3n) is 1.89. The molecular weight excluding hydrogens is 180 g/mol. The van der Waals surface area contributed by atoms with E-state index in [1.54, 1.807) is 6.07 Å². The molecule has 2 aromatic rings. The molecule has 0 fully saturated rings. The first kappa shape index (κ1) is 8.38. The van der Waals surface area contributed by atoms with E-state index in [-0.39, 0.29) is 5.82 Å². The Hall–Kier alpha value is -2.22. The molecule has 0 radical (unpaired) electrons. The molecule has 0 amide bonds. The third kappa shape index (κ3) is 1.13. The van der Waals surface area contributed by atoms with E-state index in [1.807, 2.05) is 19.1 Å². The smallest absolute Gasteiger partial charge is 0.163 e. The lowest BCUT2D eigenvalue weighted by molar-refractivity contribution is 0.546. The summed E-state index contributed by atoms with van der Waals surface area (Å²) in [5, 5.41) is 15.2. The van der Waals surface area contributed by atoms with Gasteiger partial charge < -0.3 is 10.2 Å². The van der Waals surface area contributed by atoms with Crippen LogP contribution in [0.2, 0.25) is 0 Å². The van der Waals surface area contributed by atoms with Crippen LogP contribution in [0.3, 0.4) is 0 Å². The number of nitrogen functional groups attached to an aromatic ring is 1. The first-order valence-electron chi connectivity index (χ1n) is 4.03. The number of rotatable bonds is 1. The summed E-state index contributed by atoms with van der Waals surface area (Å²) in [4.78, 5) is 0. The second kappa shape index (κ2) is 2.92. The van der Waals surface area contributed by atoms with Crippen molar-refractivity contribution in [1.29, 1.82) is 5.26 Å². The molecule has 0 saturated carbocycles. The van der Waals surface area contributed by atoms with Gasteiger partial charge in [-0.05, 0) is 19.1 Å². The van der Waals surface area contributed by atoms with Crippen molar-refractivity contribution in [2.24, 2.45) is 0 Å². The molecular formula is C9H8N4O. The molecule has 0 atom stereocenters. The molecule has 0 aromatic carbocycles. The Kier molecular flexibility index (Phi) is 1.75. The summed E-state index contributed by atoms with van der Waals surface area (Å²) in [5.74, 6) is 1.54. The van der Waals surface area contributed by atoms with Crippen LogP contribution in [0.25, 0.3) is 11.5 Å². The molecule has 5 nitrogen and oxygen atoms in total. The second-order valence-corrected chi connectivity index (χ2v) is 2.88. The van der Waals surface area contributed by atoms with E-state index in [4.69, 9.17) is 15.4 Å². The molecule has 2 aromatic heterocycles. The van der Waals surface area contributed by atoms with Gasteiger partial charge in [-0.1, -0.05) is 0 Å². The van der Waals surface area contributed by atoms with E-state index in [2.05, 4.69) is 10.2 Å². The summed E-state index contributed by atoms with van der Waals surface area (Å²) < 4.78 is 5.35. The molecule has 0 aliphatic carbocycles. The van der Waals surface area contributed by atoms with Crippen LogP contribution in [0.1, 0.15) is 11.3 Å². The number of anilines is 1. The van der Waals surface area contributed by atoms with Crippen molar-refractivity contribution < 1.29 is 4.42 Å². The van der Waals surface area contributed by atoms with Gasteiger partial charge in [0.05, 0.1) is 0 Å². The number of nitrogens with zero attached hydrogens (tertiary/aromatic N) is 2. The molecule has 0 aliphatic heterocycles. The van der Waals surface area contributed by atoms with Gasteiger partial charge in [0, 0.05) is 0 Å². The normalized spacial score (nSPS) is 10.0. The number of H-pyrrole nitrogens is 1. The lowest BCUT2D eigenvalue weighted by Crippen LogP contribution is -1.87. The highest BCUT2D eigenvalue weighted by atomic mass is 16.3. The van der Waals surface area contributed by atoms with E-state index in [9.17, 15) is 0 Å². The van der Waals surface area contributed by atoms with Crippen molar-refractivity contribution in [2.75, 3.05) is 5.73 Å². The third-order valence-corrected chi connectivity index (χ3v) is 1.89. The Morgan fingerprint density at radius 1 is 1.57 bits per heavy atom. The molecule has 14 heavy (non-hydrogen) atoms. The van der Waals surface area contributed by atoms with Gasteiger partial charge >= 0.3 is 0 Å². The van der Waals surface area contributed by atoms with Crippen LogP contribution >= 0.6 is 0 Å². The number of furan rings is 1. The van der Waals surface area contributed by atoms with Crippen molar-refractivity contribution in [3.63, 3.8) is 0 Å². The molecule has 0 unspecified atom stereocenters. The van der Waals surface area contributed by atoms with Gasteiger partial charge in [0.2, 0.25) is 0 Å². The van der Waals surface area contributed by atoms with E-state index in [0.717, 1.165) is 5.76 Å². The molecule has 0 bridgehead atoms. The van der Waals surface area contributed by atoms with Crippen molar-refractivity contribution >= 4 is 5.82 Å². The van der Waals surface area contributed by atoms with Crippen LogP contribution in [-0.2, 0) is 0 Å². The first-order chi connectivity index (χ1) is 6.72. The number of nitrogens with one attached hydrogen (secondary N) is 1. The minimum atomic E-state index is 0.191. The van der Waals surface area contributed by atoms with Gasteiger partial charge in [0.25, 0.3) is 0 Å². The van der Waals surface area contributed by atoms with Gasteiger partial charge in [0.15, 0.2) is 11.6 Å². The van der Waals surface area contributed by atoms with Crippen molar-refractivity contribution in [3.05, 3.63) is 23.5 Å². The lowest BCUT2D eigenvalue weighted by atomic mass is 10.2. The fraction of sp³-hybridized carbons (Fsp3) is 0.111. The zero-order valence-corrected chi connectivity index (χ0v) is 7.53. The molecule has 3 N–H and O–H groups in total.